The van der Waals surface area contributed by atoms with Gasteiger partial charge >= 0.3 is 0 Å². The Morgan fingerprint density at radius 2 is 1.85 bits per heavy atom. The number of H-pyrrole nitrogens is 1. The molecule has 39 heavy (non-hydrogen) atoms. The van der Waals surface area contributed by atoms with Crippen LogP contribution < -0.4 is 10.9 Å². The Morgan fingerprint density at radius 1 is 1.05 bits per heavy atom. The molecule has 4 aromatic rings. The number of hydrogen-bond donors (Lipinski definition) is 2. The summed E-state index contributed by atoms with van der Waals surface area (Å²) in [5.41, 5.74) is 2.91. The van der Waals surface area contributed by atoms with E-state index in [1.165, 1.54) is 24.7 Å². The number of benzene rings is 2. The Kier molecular flexibility index (Phi) is 7.09. The molecule has 5 rings (SSSR count). The van der Waals surface area contributed by atoms with Gasteiger partial charge in [0, 0.05) is 23.9 Å². The van der Waals surface area contributed by atoms with Gasteiger partial charge in [-0.25, -0.2) is 18.2 Å². The predicted octanol–water partition coefficient (Wildman–Crippen LogP) is 5.21. The van der Waals surface area contributed by atoms with Crippen molar-refractivity contribution in [2.45, 2.75) is 19.4 Å². The highest BCUT2D eigenvalue weighted by atomic mass is 19.2. The number of carbonyl (C=O) groups excluding carboxylic acids is 2. The molecule has 2 aromatic carbocycles. The van der Waals surface area contributed by atoms with E-state index in [4.69, 9.17) is 0 Å². The highest BCUT2D eigenvalue weighted by molar-refractivity contribution is 6.34. The van der Waals surface area contributed by atoms with E-state index in [0.717, 1.165) is 27.8 Å². The van der Waals surface area contributed by atoms with Crippen LogP contribution in [0.25, 0.3) is 17.7 Å². The molecule has 0 fully saturated rings. The molecule has 1 aliphatic rings. The SMILES string of the molecule is O=C1Nc2cc(/C=C/CCC(=O)c3cccn(Cc4cc(F)c(F)c(F)c4)c3=O)ccc2/C1=C/c1cnc[nH]1. The number of anilines is 1. The second-order valence-electron chi connectivity index (χ2n) is 8.92. The Hall–Kier alpha value is -4.99. The third-order valence-electron chi connectivity index (χ3n) is 6.21. The normalized spacial score (nSPS) is 13.7. The highest BCUT2D eigenvalue weighted by Gasteiger charge is 2.24. The summed E-state index contributed by atoms with van der Waals surface area (Å²) < 4.78 is 41.4. The Morgan fingerprint density at radius 3 is 2.59 bits per heavy atom. The highest BCUT2D eigenvalue weighted by Crippen LogP contribution is 2.33. The van der Waals surface area contributed by atoms with Crippen LogP contribution in [0.1, 0.15) is 45.6 Å². The Labute approximate surface area is 220 Å². The van der Waals surface area contributed by atoms with Gasteiger partial charge in [-0.2, -0.15) is 0 Å². The lowest BCUT2D eigenvalue weighted by Gasteiger charge is -2.08. The quantitative estimate of drug-likeness (QED) is 0.186. The number of amides is 1. The summed E-state index contributed by atoms with van der Waals surface area (Å²) in [6, 6.07) is 10.0. The zero-order valence-electron chi connectivity index (χ0n) is 20.4. The molecule has 1 amide bonds. The van der Waals surface area contributed by atoms with Gasteiger partial charge in [0.05, 0.1) is 35.9 Å². The lowest BCUT2D eigenvalue weighted by molar-refractivity contribution is -0.110. The van der Waals surface area contributed by atoms with Crippen molar-refractivity contribution in [2.24, 2.45) is 0 Å². The summed E-state index contributed by atoms with van der Waals surface area (Å²) in [5, 5.41) is 2.84. The number of fused-ring (bicyclic) bond motifs is 1. The Balaban J connectivity index is 1.23. The average Bonchev–Trinajstić information content (AvgIpc) is 3.53. The predicted molar refractivity (Wildman–Crippen MR) is 140 cm³/mol. The van der Waals surface area contributed by atoms with Gasteiger partial charge in [-0.15, -0.1) is 0 Å². The fraction of sp³-hybridized carbons (Fsp3) is 0.103. The molecule has 0 saturated heterocycles. The number of allylic oxidation sites excluding steroid dienone is 1. The molecular weight excluding hydrogens is 509 g/mol. The monoisotopic (exact) mass is 530 g/mol. The lowest BCUT2D eigenvalue weighted by atomic mass is 10.0. The average molecular weight is 531 g/mol. The van der Waals surface area contributed by atoms with Crippen LogP contribution >= 0.6 is 0 Å². The van der Waals surface area contributed by atoms with E-state index in [0.29, 0.717) is 23.4 Å². The largest absolute Gasteiger partial charge is 0.345 e. The molecule has 0 spiro atoms. The van der Waals surface area contributed by atoms with Crippen molar-refractivity contribution in [1.82, 2.24) is 14.5 Å². The third-order valence-corrected chi connectivity index (χ3v) is 6.21. The standard InChI is InChI=1S/C29H21F3N4O3/c30-23-10-18(11-24(31)27(23)32)15-36-9-3-5-21(29(36)39)26(37)6-2-1-4-17-7-8-20-22(13-19-14-33-16-34-19)28(38)35-25(20)12-17/h1,3-5,7-14,16H,2,6,15H2,(H,33,34)(H,35,38)/b4-1+,22-13-. The van der Waals surface area contributed by atoms with Crippen LogP contribution in [0.2, 0.25) is 0 Å². The minimum Gasteiger partial charge on any atom is -0.345 e. The van der Waals surface area contributed by atoms with E-state index in [9.17, 15) is 27.6 Å². The number of nitrogens with one attached hydrogen (secondary N) is 2. The second-order valence-corrected chi connectivity index (χ2v) is 8.92. The number of ketones is 1. The first-order chi connectivity index (χ1) is 18.8. The van der Waals surface area contributed by atoms with Gasteiger partial charge in [0.15, 0.2) is 23.2 Å². The maximum atomic E-state index is 13.5. The number of nitrogens with zero attached hydrogens (tertiary/aromatic N) is 2. The van der Waals surface area contributed by atoms with E-state index in [1.54, 1.807) is 18.3 Å². The first-order valence-corrected chi connectivity index (χ1v) is 12.0. The van der Waals surface area contributed by atoms with Crippen LogP contribution in [0.15, 0.2) is 72.1 Å². The molecule has 7 nitrogen and oxygen atoms in total. The van der Waals surface area contributed by atoms with E-state index in [2.05, 4.69) is 15.3 Å². The van der Waals surface area contributed by atoms with E-state index >= 15 is 0 Å². The van der Waals surface area contributed by atoms with Gasteiger partial charge in [0.1, 0.15) is 0 Å². The molecular formula is C29H21F3N4O3. The lowest BCUT2D eigenvalue weighted by Crippen LogP contribution is -2.26. The van der Waals surface area contributed by atoms with Crippen LogP contribution in [-0.2, 0) is 11.3 Å². The molecule has 1 aliphatic heterocycles. The zero-order valence-corrected chi connectivity index (χ0v) is 20.4. The molecule has 3 heterocycles. The summed E-state index contributed by atoms with van der Waals surface area (Å²) in [6.07, 6.45) is 10.3. The molecule has 0 unspecified atom stereocenters. The molecule has 0 atom stereocenters. The van der Waals surface area contributed by atoms with Crippen molar-refractivity contribution in [2.75, 3.05) is 5.32 Å². The molecule has 0 radical (unpaired) electrons. The minimum absolute atomic E-state index is 0.0502. The fourth-order valence-corrected chi connectivity index (χ4v) is 4.30. The first kappa shape index (κ1) is 25.7. The van der Waals surface area contributed by atoms with Crippen molar-refractivity contribution in [3.05, 3.63) is 123 Å². The van der Waals surface area contributed by atoms with Gasteiger partial charge in [0.2, 0.25) is 0 Å². The summed E-state index contributed by atoms with van der Waals surface area (Å²) in [7, 11) is 0. The maximum absolute atomic E-state index is 13.5. The summed E-state index contributed by atoms with van der Waals surface area (Å²) in [4.78, 5) is 44.8. The molecule has 10 heteroatoms. The topological polar surface area (TPSA) is 96.8 Å². The van der Waals surface area contributed by atoms with Crippen LogP contribution in [0.5, 0.6) is 0 Å². The minimum atomic E-state index is -1.58. The first-order valence-electron chi connectivity index (χ1n) is 12.0. The number of imidazole rings is 1. The number of rotatable bonds is 8. The fourth-order valence-electron chi connectivity index (χ4n) is 4.30. The van der Waals surface area contributed by atoms with Crippen LogP contribution in [0.4, 0.5) is 18.9 Å². The molecule has 2 N–H and O–H groups in total. The van der Waals surface area contributed by atoms with Crippen molar-refractivity contribution >= 4 is 35.1 Å². The van der Waals surface area contributed by atoms with Gasteiger partial charge in [-0.1, -0.05) is 24.3 Å². The molecule has 0 bridgehead atoms. The van der Waals surface area contributed by atoms with E-state index in [1.807, 2.05) is 24.3 Å². The number of aromatic amines is 1. The van der Waals surface area contributed by atoms with Crippen molar-refractivity contribution in [3.63, 3.8) is 0 Å². The number of hydrogen-bond acceptors (Lipinski definition) is 4. The number of carbonyl (C=O) groups is 2. The summed E-state index contributed by atoms with van der Waals surface area (Å²) in [6.45, 7) is -0.221. The molecule has 0 saturated carbocycles. The van der Waals surface area contributed by atoms with Gasteiger partial charge < -0.3 is 14.9 Å². The van der Waals surface area contributed by atoms with Gasteiger partial charge in [-0.3, -0.25) is 14.4 Å². The van der Waals surface area contributed by atoms with E-state index in [-0.39, 0.29) is 35.8 Å². The van der Waals surface area contributed by atoms with Crippen LogP contribution in [0.3, 0.4) is 0 Å². The number of aromatic nitrogens is 3. The number of Topliss-reactive ketones (excluding diaryl/α,β-unsaturated/α-hetero) is 1. The summed E-state index contributed by atoms with van der Waals surface area (Å²) in [5.74, 6) is -4.89. The van der Waals surface area contributed by atoms with Gasteiger partial charge in [0.25, 0.3) is 11.5 Å². The van der Waals surface area contributed by atoms with Crippen molar-refractivity contribution < 1.29 is 22.8 Å². The summed E-state index contributed by atoms with van der Waals surface area (Å²) >= 11 is 0. The van der Waals surface area contributed by atoms with Crippen molar-refractivity contribution in [1.29, 1.82) is 0 Å². The third kappa shape index (κ3) is 5.49. The molecule has 2 aromatic heterocycles. The Bertz CT molecular complexity index is 1680. The number of pyridine rings is 1. The second kappa shape index (κ2) is 10.8. The maximum Gasteiger partial charge on any atom is 0.261 e. The van der Waals surface area contributed by atoms with Crippen LogP contribution in [0, 0.1) is 17.5 Å². The van der Waals surface area contributed by atoms with Gasteiger partial charge in [-0.05, 0) is 54.0 Å². The van der Waals surface area contributed by atoms with Crippen LogP contribution in [-0.4, -0.2) is 26.2 Å². The number of halogens is 3. The molecule has 196 valence electrons. The molecule has 0 aliphatic carbocycles. The van der Waals surface area contributed by atoms with E-state index < -0.39 is 23.0 Å². The smallest absolute Gasteiger partial charge is 0.261 e. The zero-order chi connectivity index (χ0) is 27.5. The van der Waals surface area contributed by atoms with Crippen molar-refractivity contribution in [3.8, 4) is 0 Å².